The molecule has 2 unspecified atom stereocenters. The maximum Gasteiger partial charge on any atom is 0.309 e. The summed E-state index contributed by atoms with van der Waals surface area (Å²) in [5, 5.41) is 19.9. The second-order valence-corrected chi connectivity index (χ2v) is 6.30. The molecule has 0 spiro atoms. The molecule has 0 bridgehead atoms. The molecule has 1 aromatic heterocycles. The second-order valence-electron chi connectivity index (χ2n) is 4.53. The van der Waals surface area contributed by atoms with Gasteiger partial charge in [0.15, 0.2) is 0 Å². The highest BCUT2D eigenvalue weighted by Crippen LogP contribution is 2.29. The number of hydrogen-bond acceptors (Lipinski definition) is 4. The van der Waals surface area contributed by atoms with E-state index in [1.54, 1.807) is 11.4 Å². The van der Waals surface area contributed by atoms with Crippen LogP contribution < -0.4 is 0 Å². The van der Waals surface area contributed by atoms with E-state index in [0.717, 1.165) is 0 Å². The van der Waals surface area contributed by atoms with Crippen LogP contribution in [0.1, 0.15) is 16.1 Å². The number of rotatable bonds is 3. The van der Waals surface area contributed by atoms with Gasteiger partial charge in [0.05, 0.1) is 11.8 Å². The molecule has 0 radical (unpaired) electrons. The van der Waals surface area contributed by atoms with Crippen LogP contribution in [-0.4, -0.2) is 46.0 Å². The lowest BCUT2D eigenvalue weighted by Crippen LogP contribution is -2.48. The van der Waals surface area contributed by atoms with Gasteiger partial charge < -0.3 is 15.1 Å². The molecule has 8 heteroatoms. The number of carboxylic acids is 2. The fraction of sp³-hybridized carbons (Fsp3) is 0.417. The van der Waals surface area contributed by atoms with Crippen molar-refractivity contribution in [2.45, 2.75) is 6.42 Å². The molecule has 0 aliphatic carbocycles. The molecule has 1 saturated heterocycles. The van der Waals surface area contributed by atoms with Gasteiger partial charge in [-0.2, -0.15) is 0 Å². The first-order chi connectivity index (χ1) is 9.41. The number of carboxylic acid groups (broad SMARTS) is 2. The maximum absolute atomic E-state index is 12.3. The van der Waals surface area contributed by atoms with Gasteiger partial charge in [0.25, 0.3) is 5.91 Å². The van der Waals surface area contributed by atoms with E-state index in [0.29, 0.717) is 9.35 Å². The van der Waals surface area contributed by atoms with Crippen molar-refractivity contribution in [3.63, 3.8) is 0 Å². The van der Waals surface area contributed by atoms with E-state index in [1.807, 2.05) is 0 Å². The summed E-state index contributed by atoms with van der Waals surface area (Å²) in [4.78, 5) is 36.4. The lowest BCUT2D eigenvalue weighted by atomic mass is 9.85. The molecular weight excluding hydrogens is 350 g/mol. The number of halogens is 1. The zero-order chi connectivity index (χ0) is 14.9. The summed E-state index contributed by atoms with van der Waals surface area (Å²) < 4.78 is 0.666. The van der Waals surface area contributed by atoms with Gasteiger partial charge in [-0.25, -0.2) is 0 Å². The Bertz CT molecular complexity index is 558. The van der Waals surface area contributed by atoms with Gasteiger partial charge in [-0.3, -0.25) is 14.4 Å². The molecule has 2 rings (SSSR count). The predicted molar refractivity (Wildman–Crippen MR) is 74.8 cm³/mol. The molecule has 1 aliphatic heterocycles. The van der Waals surface area contributed by atoms with Crippen molar-refractivity contribution in [1.82, 2.24) is 4.90 Å². The molecule has 1 amide bonds. The average Bonchev–Trinajstić information content (AvgIpc) is 2.83. The topological polar surface area (TPSA) is 94.9 Å². The Balaban J connectivity index is 2.17. The van der Waals surface area contributed by atoms with E-state index < -0.39 is 23.8 Å². The molecule has 6 nitrogen and oxygen atoms in total. The van der Waals surface area contributed by atoms with Crippen LogP contribution in [0.3, 0.4) is 0 Å². The summed E-state index contributed by atoms with van der Waals surface area (Å²) in [6.07, 6.45) is 0.154. The Labute approximate surface area is 127 Å². The molecule has 0 aromatic carbocycles. The molecule has 1 fully saturated rings. The van der Waals surface area contributed by atoms with Crippen LogP contribution >= 0.6 is 27.3 Å². The highest BCUT2D eigenvalue weighted by atomic mass is 79.9. The third-order valence-corrected chi connectivity index (χ3v) is 5.17. The monoisotopic (exact) mass is 361 g/mol. The molecule has 20 heavy (non-hydrogen) atoms. The van der Waals surface area contributed by atoms with Crippen molar-refractivity contribution in [1.29, 1.82) is 0 Å². The minimum atomic E-state index is -1.18. The third kappa shape index (κ3) is 2.85. The van der Waals surface area contributed by atoms with E-state index in [2.05, 4.69) is 15.9 Å². The number of piperidine rings is 1. The molecule has 0 saturated carbocycles. The lowest BCUT2D eigenvalue weighted by molar-refractivity contribution is -0.156. The largest absolute Gasteiger partial charge is 0.481 e. The zero-order valence-corrected chi connectivity index (χ0v) is 12.7. The highest BCUT2D eigenvalue weighted by Gasteiger charge is 2.40. The zero-order valence-electron chi connectivity index (χ0n) is 10.3. The van der Waals surface area contributed by atoms with Gasteiger partial charge in [-0.1, -0.05) is 0 Å². The molecule has 2 N–H and O–H groups in total. The Kier molecular flexibility index (Phi) is 4.44. The number of thiophene rings is 1. The normalized spacial score (nSPS) is 22.6. The number of aliphatic carboxylic acids is 2. The average molecular weight is 362 g/mol. The van der Waals surface area contributed by atoms with E-state index in [9.17, 15) is 14.4 Å². The van der Waals surface area contributed by atoms with Crippen LogP contribution in [-0.2, 0) is 9.59 Å². The van der Waals surface area contributed by atoms with Gasteiger partial charge in [-0.05, 0) is 33.8 Å². The first-order valence-electron chi connectivity index (χ1n) is 5.89. The Morgan fingerprint density at radius 1 is 1.25 bits per heavy atom. The number of carbonyl (C=O) groups is 3. The summed E-state index contributed by atoms with van der Waals surface area (Å²) in [5.41, 5.74) is 0. The minimum absolute atomic E-state index is 0.0739. The van der Waals surface area contributed by atoms with Crippen molar-refractivity contribution in [3.05, 3.63) is 20.8 Å². The Morgan fingerprint density at radius 3 is 2.40 bits per heavy atom. The first-order valence-corrected chi connectivity index (χ1v) is 7.57. The summed E-state index contributed by atoms with van der Waals surface area (Å²) in [6, 6.07) is 1.75. The van der Waals surface area contributed by atoms with Gasteiger partial charge in [0.2, 0.25) is 0 Å². The lowest BCUT2D eigenvalue weighted by Gasteiger charge is -2.34. The molecular formula is C12H12BrNO5S. The van der Waals surface area contributed by atoms with E-state index >= 15 is 0 Å². The fourth-order valence-electron chi connectivity index (χ4n) is 2.27. The number of nitrogens with zero attached hydrogens (tertiary/aromatic N) is 1. The van der Waals surface area contributed by atoms with Crippen LogP contribution in [0.5, 0.6) is 0 Å². The number of carbonyl (C=O) groups excluding carboxylic acids is 1. The second kappa shape index (κ2) is 5.92. The molecule has 108 valence electrons. The molecule has 2 heterocycles. The van der Waals surface area contributed by atoms with Crippen LogP contribution in [0.2, 0.25) is 0 Å². The Morgan fingerprint density at radius 2 is 1.90 bits per heavy atom. The Hall–Kier alpha value is -1.41. The SMILES string of the molecule is O=C(O)C1CCN(C(=O)c2sccc2Br)CC1C(=O)O. The number of likely N-dealkylation sites (tertiary alicyclic amines) is 1. The number of hydrogen-bond donors (Lipinski definition) is 2. The van der Waals surface area contributed by atoms with E-state index in [4.69, 9.17) is 10.2 Å². The van der Waals surface area contributed by atoms with Crippen molar-refractivity contribution < 1.29 is 24.6 Å². The molecule has 1 aliphatic rings. The summed E-state index contributed by atoms with van der Waals surface area (Å²) in [6.45, 7) is 0.180. The van der Waals surface area contributed by atoms with Crippen LogP contribution in [0.25, 0.3) is 0 Å². The van der Waals surface area contributed by atoms with Crippen LogP contribution in [0, 0.1) is 11.8 Å². The quantitative estimate of drug-likeness (QED) is 0.855. The number of amides is 1. The van der Waals surface area contributed by atoms with Crippen molar-refractivity contribution in [2.24, 2.45) is 11.8 Å². The summed E-state index contributed by atoms with van der Waals surface area (Å²) in [5.74, 6) is -4.57. The first kappa shape index (κ1) is 15.0. The summed E-state index contributed by atoms with van der Waals surface area (Å²) >= 11 is 4.53. The van der Waals surface area contributed by atoms with Crippen molar-refractivity contribution in [3.8, 4) is 0 Å². The van der Waals surface area contributed by atoms with Gasteiger partial charge in [0, 0.05) is 17.6 Å². The smallest absolute Gasteiger partial charge is 0.309 e. The minimum Gasteiger partial charge on any atom is -0.481 e. The van der Waals surface area contributed by atoms with Crippen LogP contribution in [0.15, 0.2) is 15.9 Å². The van der Waals surface area contributed by atoms with E-state index in [1.165, 1.54) is 16.2 Å². The van der Waals surface area contributed by atoms with Crippen LogP contribution in [0.4, 0.5) is 0 Å². The third-order valence-electron chi connectivity index (χ3n) is 3.35. The highest BCUT2D eigenvalue weighted by molar-refractivity contribution is 9.10. The predicted octanol–water partition coefficient (Wildman–Crippen LogP) is 1.76. The molecule has 2 atom stereocenters. The fourth-order valence-corrected chi connectivity index (χ4v) is 3.78. The van der Waals surface area contributed by atoms with Gasteiger partial charge in [-0.15, -0.1) is 11.3 Å². The molecule has 1 aromatic rings. The van der Waals surface area contributed by atoms with Crippen molar-refractivity contribution in [2.75, 3.05) is 13.1 Å². The van der Waals surface area contributed by atoms with Crippen molar-refractivity contribution >= 4 is 45.1 Å². The van der Waals surface area contributed by atoms with E-state index in [-0.39, 0.29) is 25.4 Å². The standard InChI is InChI=1S/C12H12BrNO5S/c13-8-2-4-20-9(8)10(15)14-3-1-6(11(16)17)7(5-14)12(18)19/h2,4,6-7H,1,3,5H2,(H,16,17)(H,18,19). The van der Waals surface area contributed by atoms with Gasteiger partial charge in [0.1, 0.15) is 4.88 Å². The van der Waals surface area contributed by atoms with Gasteiger partial charge >= 0.3 is 11.9 Å². The summed E-state index contributed by atoms with van der Waals surface area (Å²) in [7, 11) is 0. The maximum atomic E-state index is 12.3.